The van der Waals surface area contributed by atoms with Crippen LogP contribution in [0.1, 0.15) is 46.8 Å². The van der Waals surface area contributed by atoms with Crippen molar-refractivity contribution >= 4 is 25.5 Å². The van der Waals surface area contributed by atoms with Gasteiger partial charge in [-0.2, -0.15) is 5.26 Å². The molecular formula is C20H27NO3Si. The fourth-order valence-corrected chi connectivity index (χ4v) is 6.78. The number of rotatable bonds is 6. The normalized spacial score (nSPS) is 17.7. The Kier molecular flexibility index (Phi) is 5.74. The summed E-state index contributed by atoms with van der Waals surface area (Å²) in [5.41, 5.74) is 0.188. The highest BCUT2D eigenvalue weighted by Crippen LogP contribution is 2.30. The maximum absolute atomic E-state index is 12.0. The molecule has 0 unspecified atom stereocenters. The van der Waals surface area contributed by atoms with E-state index in [1.54, 1.807) is 0 Å². The van der Waals surface area contributed by atoms with Gasteiger partial charge in [0.15, 0.2) is 0 Å². The third kappa shape index (κ3) is 3.96. The summed E-state index contributed by atoms with van der Waals surface area (Å²) < 4.78 is 11.4. The molecule has 0 atom stereocenters. The van der Waals surface area contributed by atoms with E-state index in [2.05, 4.69) is 26.8 Å². The Balaban J connectivity index is 2.31. The quantitative estimate of drug-likeness (QED) is 0.553. The van der Waals surface area contributed by atoms with Gasteiger partial charge in [0.05, 0.1) is 5.38 Å². The molecule has 1 aromatic rings. The highest BCUT2D eigenvalue weighted by atomic mass is 28.3. The molecule has 0 aromatic carbocycles. The van der Waals surface area contributed by atoms with E-state index in [9.17, 15) is 10.1 Å². The minimum Gasteiger partial charge on any atom is -0.467 e. The van der Waals surface area contributed by atoms with Gasteiger partial charge in [0.25, 0.3) is 0 Å². The minimum absolute atomic E-state index is 0.0850. The average Bonchev–Trinajstić information content (AvgIpc) is 3.03. The number of hydrogen-bond acceptors (Lipinski definition) is 4. The lowest BCUT2D eigenvalue weighted by Gasteiger charge is -2.30. The third-order valence-corrected chi connectivity index (χ3v) is 10.6. The van der Waals surface area contributed by atoms with Crippen molar-refractivity contribution in [2.75, 3.05) is 0 Å². The highest BCUT2D eigenvalue weighted by Gasteiger charge is 2.34. The fourth-order valence-electron chi connectivity index (χ4n) is 3.46. The Bertz CT molecular complexity index is 737. The van der Waals surface area contributed by atoms with E-state index in [4.69, 9.17) is 9.15 Å². The molecule has 1 aromatic heterocycles. The van der Waals surface area contributed by atoms with Gasteiger partial charge in [-0.15, -0.1) is 0 Å². The SMILES string of the molecule is CC[Si](CC)(CC)c1ccc(/C=C/C2=C(C#N)C(=O)OC(C)(C)C2)o1. The first-order valence-electron chi connectivity index (χ1n) is 8.95. The van der Waals surface area contributed by atoms with Crippen molar-refractivity contribution in [2.45, 2.75) is 64.8 Å². The summed E-state index contributed by atoms with van der Waals surface area (Å²) in [7, 11) is -1.53. The van der Waals surface area contributed by atoms with Gasteiger partial charge in [-0.1, -0.05) is 45.0 Å². The number of hydrogen-bond donors (Lipinski definition) is 0. The molecule has 0 fully saturated rings. The number of esters is 1. The Labute approximate surface area is 151 Å². The molecule has 2 heterocycles. The van der Waals surface area contributed by atoms with Gasteiger partial charge in [-0.3, -0.25) is 0 Å². The van der Waals surface area contributed by atoms with Crippen molar-refractivity contribution in [3.63, 3.8) is 0 Å². The van der Waals surface area contributed by atoms with E-state index < -0.39 is 19.6 Å². The summed E-state index contributed by atoms with van der Waals surface area (Å²) >= 11 is 0. The van der Waals surface area contributed by atoms with Gasteiger partial charge in [0.2, 0.25) is 0 Å². The van der Waals surface area contributed by atoms with Crippen LogP contribution in [0.15, 0.2) is 33.8 Å². The van der Waals surface area contributed by atoms with Gasteiger partial charge in [-0.25, -0.2) is 4.79 Å². The zero-order valence-corrected chi connectivity index (χ0v) is 16.8. The molecule has 134 valence electrons. The van der Waals surface area contributed by atoms with E-state index in [0.717, 1.165) is 11.1 Å². The van der Waals surface area contributed by atoms with Crippen molar-refractivity contribution in [2.24, 2.45) is 0 Å². The molecule has 0 radical (unpaired) electrons. The van der Waals surface area contributed by atoms with Crippen LogP contribution in [0.5, 0.6) is 0 Å². The molecule has 0 saturated heterocycles. The molecule has 0 saturated carbocycles. The zero-order chi connectivity index (χ0) is 18.7. The van der Waals surface area contributed by atoms with Gasteiger partial charge in [-0.05, 0) is 37.6 Å². The Hall–Kier alpha value is -2.06. The van der Waals surface area contributed by atoms with Gasteiger partial charge in [0.1, 0.15) is 31.1 Å². The average molecular weight is 358 g/mol. The smallest absolute Gasteiger partial charge is 0.349 e. The molecule has 1 aliphatic rings. The van der Waals surface area contributed by atoms with Crippen LogP contribution in [0.3, 0.4) is 0 Å². The van der Waals surface area contributed by atoms with E-state index in [1.165, 1.54) is 18.1 Å². The standard InChI is InChI=1S/C20H27NO3Si/c1-6-25(7-2,8-3)18-12-11-16(23-18)10-9-15-13-20(4,5)24-19(22)17(15)14-21/h9-12H,6-8,13H2,1-5H3/b10-9+. The summed E-state index contributed by atoms with van der Waals surface area (Å²) in [5.74, 6) is 0.219. The maximum Gasteiger partial charge on any atom is 0.349 e. The maximum atomic E-state index is 12.0. The minimum atomic E-state index is -1.53. The van der Waals surface area contributed by atoms with Gasteiger partial charge >= 0.3 is 5.97 Å². The van der Waals surface area contributed by atoms with Crippen molar-refractivity contribution < 1.29 is 13.9 Å². The summed E-state index contributed by atoms with van der Waals surface area (Å²) in [6.45, 7) is 10.4. The number of nitrogens with zero attached hydrogens (tertiary/aromatic N) is 1. The second kappa shape index (κ2) is 7.45. The van der Waals surface area contributed by atoms with Crippen LogP contribution in [-0.2, 0) is 9.53 Å². The Morgan fingerprint density at radius 1 is 1.20 bits per heavy atom. The van der Waals surface area contributed by atoms with E-state index in [0.29, 0.717) is 12.0 Å². The Morgan fingerprint density at radius 3 is 2.40 bits per heavy atom. The number of carbonyl (C=O) groups excluding carboxylic acids is 1. The largest absolute Gasteiger partial charge is 0.467 e. The molecule has 25 heavy (non-hydrogen) atoms. The van der Waals surface area contributed by atoms with E-state index in [1.807, 2.05) is 38.1 Å². The number of furan rings is 1. The number of ether oxygens (including phenoxy) is 1. The van der Waals surface area contributed by atoms with E-state index in [-0.39, 0.29) is 5.57 Å². The van der Waals surface area contributed by atoms with Gasteiger partial charge in [0, 0.05) is 6.42 Å². The highest BCUT2D eigenvalue weighted by molar-refractivity contribution is 6.90. The number of allylic oxidation sites excluding steroid dienone is 1. The van der Waals surface area contributed by atoms with Crippen LogP contribution in [0.25, 0.3) is 6.08 Å². The van der Waals surface area contributed by atoms with Crippen LogP contribution in [0.2, 0.25) is 18.1 Å². The predicted molar refractivity (Wildman–Crippen MR) is 102 cm³/mol. The lowest BCUT2D eigenvalue weighted by molar-refractivity contribution is -0.152. The summed E-state index contributed by atoms with van der Waals surface area (Å²) in [6.07, 6.45) is 4.19. The van der Waals surface area contributed by atoms with Crippen LogP contribution >= 0.6 is 0 Å². The molecule has 0 spiro atoms. The monoisotopic (exact) mass is 357 g/mol. The van der Waals surface area contributed by atoms with Crippen LogP contribution in [0, 0.1) is 11.3 Å². The second-order valence-corrected chi connectivity index (χ2v) is 12.4. The molecule has 0 bridgehead atoms. The number of cyclic esters (lactones) is 1. The summed E-state index contributed by atoms with van der Waals surface area (Å²) in [4.78, 5) is 12.0. The molecule has 5 heteroatoms. The fraction of sp³-hybridized carbons (Fsp3) is 0.500. The molecule has 0 amide bonds. The first kappa shape index (κ1) is 19.3. The van der Waals surface area contributed by atoms with Crippen LogP contribution in [-0.4, -0.2) is 19.6 Å². The first-order chi connectivity index (χ1) is 11.8. The molecule has 4 nitrogen and oxygen atoms in total. The van der Waals surface area contributed by atoms with E-state index >= 15 is 0 Å². The number of nitriles is 1. The Morgan fingerprint density at radius 2 is 1.84 bits per heavy atom. The lowest BCUT2D eigenvalue weighted by atomic mass is 9.91. The van der Waals surface area contributed by atoms with Crippen molar-refractivity contribution in [1.82, 2.24) is 0 Å². The zero-order valence-electron chi connectivity index (χ0n) is 15.8. The lowest BCUT2D eigenvalue weighted by Crippen LogP contribution is -2.44. The van der Waals surface area contributed by atoms with Crippen molar-refractivity contribution in [1.29, 1.82) is 5.26 Å². The van der Waals surface area contributed by atoms with Crippen LogP contribution in [0.4, 0.5) is 0 Å². The van der Waals surface area contributed by atoms with Crippen molar-refractivity contribution in [3.05, 3.63) is 35.1 Å². The molecule has 1 aliphatic heterocycles. The van der Waals surface area contributed by atoms with Gasteiger partial charge < -0.3 is 9.15 Å². The third-order valence-electron chi connectivity index (χ3n) is 5.25. The first-order valence-corrected chi connectivity index (χ1v) is 11.6. The number of carbonyl (C=O) groups is 1. The predicted octanol–water partition coefficient (Wildman–Crippen LogP) is 4.55. The summed E-state index contributed by atoms with van der Waals surface area (Å²) in [5, 5.41) is 10.4. The molecule has 0 N–H and O–H groups in total. The molecule has 0 aliphatic carbocycles. The topological polar surface area (TPSA) is 63.2 Å². The molecule has 2 rings (SSSR count). The summed E-state index contributed by atoms with van der Waals surface area (Å²) in [6, 6.07) is 9.54. The molecular weight excluding hydrogens is 330 g/mol. The van der Waals surface area contributed by atoms with Crippen molar-refractivity contribution in [3.8, 4) is 6.07 Å². The second-order valence-electron chi connectivity index (χ2n) is 7.21. The van der Waals surface area contributed by atoms with Crippen LogP contribution < -0.4 is 5.38 Å².